The van der Waals surface area contributed by atoms with Crippen LogP contribution in [0.15, 0.2) is 0 Å². The van der Waals surface area contributed by atoms with Crippen molar-refractivity contribution in [2.75, 3.05) is 12.0 Å². The zero-order valence-corrected chi connectivity index (χ0v) is 11.6. The second-order valence-corrected chi connectivity index (χ2v) is 5.61. The molecule has 6 heteroatoms. The summed E-state index contributed by atoms with van der Waals surface area (Å²) < 4.78 is 0. The first-order chi connectivity index (χ1) is 8.63. The fraction of sp³-hybridized carbons (Fsp3) is 0.833. The maximum atomic E-state index is 11.7. The number of hydrogen-bond acceptors (Lipinski definition) is 3. The molecule has 1 unspecified atom stereocenters. The molecule has 0 saturated heterocycles. The van der Waals surface area contributed by atoms with Gasteiger partial charge in [-0.05, 0) is 31.3 Å². The Morgan fingerprint density at radius 3 is 2.56 bits per heavy atom. The predicted octanol–water partition coefficient (Wildman–Crippen LogP) is 1.82. The van der Waals surface area contributed by atoms with E-state index in [9.17, 15) is 9.59 Å². The summed E-state index contributed by atoms with van der Waals surface area (Å²) in [5, 5.41) is 14.4. The lowest BCUT2D eigenvalue weighted by Crippen LogP contribution is -2.49. The summed E-state index contributed by atoms with van der Waals surface area (Å²) in [6.07, 6.45) is 7.87. The summed E-state index contributed by atoms with van der Waals surface area (Å²) in [6, 6.07) is -0.940. The van der Waals surface area contributed by atoms with Crippen molar-refractivity contribution in [1.29, 1.82) is 0 Å². The Balaban J connectivity index is 2.32. The summed E-state index contributed by atoms with van der Waals surface area (Å²) >= 11 is 1.58. The molecule has 1 atom stereocenters. The van der Waals surface area contributed by atoms with E-state index in [1.54, 1.807) is 11.8 Å². The Bertz CT molecular complexity index is 280. The van der Waals surface area contributed by atoms with Gasteiger partial charge in [0, 0.05) is 6.04 Å². The molecule has 0 aliphatic heterocycles. The van der Waals surface area contributed by atoms with Crippen molar-refractivity contribution in [2.45, 2.75) is 50.6 Å². The molecule has 1 aliphatic rings. The predicted molar refractivity (Wildman–Crippen MR) is 73.0 cm³/mol. The first-order valence-electron chi connectivity index (χ1n) is 6.42. The van der Waals surface area contributed by atoms with Crippen LogP contribution in [0.3, 0.4) is 0 Å². The van der Waals surface area contributed by atoms with Crippen LogP contribution in [0.2, 0.25) is 0 Å². The number of carboxylic acid groups (broad SMARTS) is 1. The highest BCUT2D eigenvalue weighted by molar-refractivity contribution is 7.98. The van der Waals surface area contributed by atoms with E-state index in [-0.39, 0.29) is 12.1 Å². The van der Waals surface area contributed by atoms with Gasteiger partial charge in [-0.2, -0.15) is 11.8 Å². The van der Waals surface area contributed by atoms with Gasteiger partial charge in [-0.15, -0.1) is 0 Å². The van der Waals surface area contributed by atoms with Gasteiger partial charge in [-0.3, -0.25) is 0 Å². The van der Waals surface area contributed by atoms with Gasteiger partial charge >= 0.3 is 12.0 Å². The molecule has 0 aromatic rings. The van der Waals surface area contributed by atoms with E-state index in [2.05, 4.69) is 10.6 Å². The van der Waals surface area contributed by atoms with E-state index in [1.807, 2.05) is 6.26 Å². The first kappa shape index (κ1) is 15.1. The Labute approximate surface area is 112 Å². The third-order valence-electron chi connectivity index (χ3n) is 3.15. The van der Waals surface area contributed by atoms with Crippen LogP contribution in [0, 0.1) is 0 Å². The summed E-state index contributed by atoms with van der Waals surface area (Å²) in [7, 11) is 0. The van der Waals surface area contributed by atoms with Crippen molar-refractivity contribution in [3.63, 3.8) is 0 Å². The van der Waals surface area contributed by atoms with Gasteiger partial charge in [0.1, 0.15) is 6.04 Å². The van der Waals surface area contributed by atoms with Crippen LogP contribution in [-0.4, -0.2) is 41.2 Å². The molecule has 1 aliphatic carbocycles. The van der Waals surface area contributed by atoms with Crippen molar-refractivity contribution in [1.82, 2.24) is 10.6 Å². The van der Waals surface area contributed by atoms with Crippen molar-refractivity contribution < 1.29 is 14.7 Å². The van der Waals surface area contributed by atoms with Gasteiger partial charge in [-0.25, -0.2) is 9.59 Å². The number of amides is 2. The molecular weight excluding hydrogens is 252 g/mol. The van der Waals surface area contributed by atoms with E-state index < -0.39 is 12.0 Å². The molecule has 1 fully saturated rings. The maximum absolute atomic E-state index is 11.7. The average molecular weight is 274 g/mol. The second kappa shape index (κ2) is 8.24. The first-order valence-corrected chi connectivity index (χ1v) is 7.81. The number of thioether (sulfide) groups is 1. The largest absolute Gasteiger partial charge is 0.480 e. The van der Waals surface area contributed by atoms with Crippen LogP contribution < -0.4 is 10.6 Å². The number of urea groups is 1. The lowest BCUT2D eigenvalue weighted by molar-refractivity contribution is -0.139. The number of aliphatic carboxylic acids is 1. The zero-order valence-electron chi connectivity index (χ0n) is 10.8. The molecule has 18 heavy (non-hydrogen) atoms. The number of carbonyl (C=O) groups is 2. The van der Waals surface area contributed by atoms with Gasteiger partial charge in [-0.1, -0.05) is 19.3 Å². The van der Waals surface area contributed by atoms with Crippen LogP contribution in [0.5, 0.6) is 0 Å². The Hall–Kier alpha value is -0.910. The van der Waals surface area contributed by atoms with E-state index in [4.69, 9.17) is 5.11 Å². The Morgan fingerprint density at radius 1 is 1.33 bits per heavy atom. The minimum Gasteiger partial charge on any atom is -0.480 e. The standard InChI is InChI=1S/C12H22N2O3S/c1-18-8-7-10(11(15)16)14-12(17)13-9-5-3-2-4-6-9/h9-10H,2-8H2,1H3,(H,15,16)(H2,13,14,17). The molecule has 1 saturated carbocycles. The summed E-state index contributed by atoms with van der Waals surface area (Å²) in [5.41, 5.74) is 0. The van der Waals surface area contributed by atoms with E-state index in [0.717, 1.165) is 31.4 Å². The van der Waals surface area contributed by atoms with Crippen LogP contribution in [-0.2, 0) is 4.79 Å². The van der Waals surface area contributed by atoms with Gasteiger partial charge in [0.25, 0.3) is 0 Å². The zero-order chi connectivity index (χ0) is 13.4. The molecule has 0 aromatic heterocycles. The molecule has 0 heterocycles. The second-order valence-electron chi connectivity index (χ2n) is 4.63. The molecule has 5 nitrogen and oxygen atoms in total. The minimum absolute atomic E-state index is 0.203. The van der Waals surface area contributed by atoms with Crippen molar-refractivity contribution in [2.24, 2.45) is 0 Å². The molecule has 0 bridgehead atoms. The van der Waals surface area contributed by atoms with Crippen molar-refractivity contribution in [3.05, 3.63) is 0 Å². The number of rotatable bonds is 6. The molecule has 3 N–H and O–H groups in total. The monoisotopic (exact) mass is 274 g/mol. The lowest BCUT2D eigenvalue weighted by Gasteiger charge is -2.24. The molecular formula is C12H22N2O3S. The number of carbonyl (C=O) groups excluding carboxylic acids is 1. The van der Waals surface area contributed by atoms with Crippen LogP contribution >= 0.6 is 11.8 Å². The molecule has 0 spiro atoms. The average Bonchev–Trinajstić information content (AvgIpc) is 2.35. The topological polar surface area (TPSA) is 78.4 Å². The quantitative estimate of drug-likeness (QED) is 0.690. The normalized spacial score (nSPS) is 18.1. The fourth-order valence-corrected chi connectivity index (χ4v) is 2.60. The SMILES string of the molecule is CSCCC(NC(=O)NC1CCCCC1)C(=O)O. The lowest BCUT2D eigenvalue weighted by atomic mass is 9.96. The fourth-order valence-electron chi connectivity index (χ4n) is 2.13. The number of carboxylic acids is 1. The molecule has 2 amide bonds. The molecule has 104 valence electrons. The van der Waals surface area contributed by atoms with Gasteiger partial charge in [0.05, 0.1) is 0 Å². The van der Waals surface area contributed by atoms with Gasteiger partial charge in [0.15, 0.2) is 0 Å². The van der Waals surface area contributed by atoms with Gasteiger partial charge < -0.3 is 15.7 Å². The third-order valence-corrected chi connectivity index (χ3v) is 3.80. The highest BCUT2D eigenvalue weighted by Gasteiger charge is 2.21. The molecule has 1 rings (SSSR count). The molecule has 0 aromatic carbocycles. The Morgan fingerprint density at radius 2 is 2.00 bits per heavy atom. The van der Waals surface area contributed by atoms with Crippen LogP contribution in [0.4, 0.5) is 4.79 Å². The molecule has 0 radical (unpaired) electrons. The summed E-state index contributed by atoms with van der Waals surface area (Å²) in [6.45, 7) is 0. The van der Waals surface area contributed by atoms with E-state index in [1.165, 1.54) is 6.42 Å². The Kier molecular flexibility index (Phi) is 6.93. The third kappa shape index (κ3) is 5.62. The van der Waals surface area contributed by atoms with E-state index in [0.29, 0.717) is 6.42 Å². The minimum atomic E-state index is -0.970. The summed E-state index contributed by atoms with van der Waals surface area (Å²) in [4.78, 5) is 22.7. The highest BCUT2D eigenvalue weighted by Crippen LogP contribution is 2.17. The van der Waals surface area contributed by atoms with Crippen molar-refractivity contribution >= 4 is 23.8 Å². The van der Waals surface area contributed by atoms with Crippen LogP contribution in [0.1, 0.15) is 38.5 Å². The van der Waals surface area contributed by atoms with Crippen molar-refractivity contribution in [3.8, 4) is 0 Å². The van der Waals surface area contributed by atoms with Crippen LogP contribution in [0.25, 0.3) is 0 Å². The number of hydrogen-bond donors (Lipinski definition) is 3. The van der Waals surface area contributed by atoms with Gasteiger partial charge in [0.2, 0.25) is 0 Å². The smallest absolute Gasteiger partial charge is 0.326 e. The van der Waals surface area contributed by atoms with E-state index >= 15 is 0 Å². The summed E-state index contributed by atoms with van der Waals surface area (Å²) in [5.74, 6) is -0.247. The maximum Gasteiger partial charge on any atom is 0.326 e. The number of nitrogens with one attached hydrogen (secondary N) is 2. The highest BCUT2D eigenvalue weighted by atomic mass is 32.2.